The fraction of sp³-hybridized carbons (Fsp3) is 0.100. The Hall–Kier alpha value is -4.88. The molecule has 0 atom stereocenters. The molecule has 0 saturated carbocycles. The van der Waals surface area contributed by atoms with Gasteiger partial charge in [-0.1, -0.05) is 147 Å². The molecule has 1 heterocycles. The van der Waals surface area contributed by atoms with Crippen molar-refractivity contribution < 1.29 is 4.74 Å². The van der Waals surface area contributed by atoms with E-state index in [2.05, 4.69) is 159 Å². The van der Waals surface area contributed by atoms with Crippen LogP contribution < -0.4 is 4.74 Å². The van der Waals surface area contributed by atoms with Crippen molar-refractivity contribution >= 4 is 0 Å². The van der Waals surface area contributed by atoms with Crippen LogP contribution >= 0.6 is 0 Å². The van der Waals surface area contributed by atoms with E-state index in [0.717, 1.165) is 17.1 Å². The zero-order chi connectivity index (χ0) is 27.6. The van der Waals surface area contributed by atoms with Crippen LogP contribution in [0, 0.1) is 0 Å². The maximum Gasteiger partial charge on any atom is 0.132 e. The number of fused-ring (bicyclic) bond motifs is 5. The summed E-state index contributed by atoms with van der Waals surface area (Å²) in [4.78, 5) is 0. The first-order chi connectivity index (χ1) is 20.1. The van der Waals surface area contributed by atoms with Crippen molar-refractivity contribution in [3.8, 4) is 33.8 Å². The molecule has 6 aromatic carbocycles. The first-order valence-corrected chi connectivity index (χ1v) is 14.4. The van der Waals surface area contributed by atoms with Gasteiger partial charge in [0.15, 0.2) is 0 Å². The molecule has 8 rings (SSSR count). The molecule has 1 nitrogen and oxygen atoms in total. The molecule has 1 heteroatoms. The summed E-state index contributed by atoms with van der Waals surface area (Å²) in [6, 6.07) is 53.0. The Morgan fingerprint density at radius 1 is 0.415 bits per heavy atom. The molecule has 0 unspecified atom stereocenters. The van der Waals surface area contributed by atoms with Crippen molar-refractivity contribution in [1.29, 1.82) is 0 Å². The van der Waals surface area contributed by atoms with Crippen LogP contribution in [-0.2, 0) is 10.8 Å². The maximum atomic E-state index is 6.56. The monoisotopic (exact) mass is 526 g/mol. The van der Waals surface area contributed by atoms with Crippen LogP contribution in [0.15, 0.2) is 146 Å². The van der Waals surface area contributed by atoms with Crippen LogP contribution in [0.1, 0.15) is 47.2 Å². The lowest BCUT2D eigenvalue weighted by Gasteiger charge is -2.36. The lowest BCUT2D eigenvalue weighted by molar-refractivity contribution is 0.418. The molecule has 1 aliphatic carbocycles. The van der Waals surface area contributed by atoms with Gasteiger partial charge in [0.1, 0.15) is 11.5 Å². The summed E-state index contributed by atoms with van der Waals surface area (Å²) in [5.41, 5.74) is 12.0. The molecule has 0 bridgehead atoms. The summed E-state index contributed by atoms with van der Waals surface area (Å²) in [6.07, 6.45) is 0. The first-order valence-electron chi connectivity index (χ1n) is 14.4. The van der Waals surface area contributed by atoms with Crippen LogP contribution in [0.4, 0.5) is 0 Å². The van der Waals surface area contributed by atoms with Gasteiger partial charge in [-0.2, -0.15) is 0 Å². The molecule has 2 aliphatic rings. The molecule has 0 saturated heterocycles. The number of ether oxygens (including phenoxy) is 1. The Morgan fingerprint density at radius 3 is 1.56 bits per heavy atom. The third-order valence-electron chi connectivity index (χ3n) is 9.24. The molecule has 0 aromatic heterocycles. The number of hydrogen-bond donors (Lipinski definition) is 0. The SMILES string of the molecule is CC1(C)c2ccccc2Oc2cc(-c3ccccc3C3(c4ccccc4)c4ccccc4-c4ccccc43)ccc21. The van der Waals surface area contributed by atoms with Crippen LogP contribution in [0.2, 0.25) is 0 Å². The van der Waals surface area contributed by atoms with E-state index in [1.165, 1.54) is 50.1 Å². The zero-order valence-corrected chi connectivity index (χ0v) is 23.3. The minimum atomic E-state index is -0.451. The molecule has 0 fully saturated rings. The quantitative estimate of drug-likeness (QED) is 0.223. The Labute approximate surface area is 241 Å². The van der Waals surface area contributed by atoms with Gasteiger partial charge < -0.3 is 4.74 Å². The van der Waals surface area contributed by atoms with Crippen LogP contribution in [0.3, 0.4) is 0 Å². The molecular weight excluding hydrogens is 496 g/mol. The Balaban J connectivity index is 1.40. The van der Waals surface area contributed by atoms with Gasteiger partial charge in [0.25, 0.3) is 0 Å². The Kier molecular flexibility index (Phi) is 5.15. The third kappa shape index (κ3) is 3.30. The molecule has 6 aromatic rings. The highest BCUT2D eigenvalue weighted by Gasteiger charge is 2.47. The normalized spacial score (nSPS) is 15.2. The van der Waals surface area contributed by atoms with Crippen molar-refractivity contribution in [1.82, 2.24) is 0 Å². The van der Waals surface area contributed by atoms with E-state index in [0.29, 0.717) is 0 Å². The topological polar surface area (TPSA) is 9.23 Å². The number of hydrogen-bond acceptors (Lipinski definition) is 1. The van der Waals surface area contributed by atoms with Crippen molar-refractivity contribution in [2.75, 3.05) is 0 Å². The molecule has 41 heavy (non-hydrogen) atoms. The van der Waals surface area contributed by atoms with Gasteiger partial charge in [0, 0.05) is 16.5 Å². The highest BCUT2D eigenvalue weighted by Crippen LogP contribution is 2.58. The lowest BCUT2D eigenvalue weighted by Crippen LogP contribution is -2.29. The Bertz CT molecular complexity index is 1900. The minimum Gasteiger partial charge on any atom is -0.457 e. The highest BCUT2D eigenvalue weighted by molar-refractivity contribution is 5.89. The molecular formula is C40H30O. The second kappa shape index (κ2) is 8.81. The highest BCUT2D eigenvalue weighted by atomic mass is 16.5. The molecule has 0 radical (unpaired) electrons. The summed E-state index contributed by atoms with van der Waals surface area (Å²) >= 11 is 0. The van der Waals surface area contributed by atoms with Crippen LogP contribution in [0.25, 0.3) is 22.3 Å². The largest absolute Gasteiger partial charge is 0.457 e. The van der Waals surface area contributed by atoms with E-state index in [9.17, 15) is 0 Å². The number of rotatable bonds is 3. The summed E-state index contributed by atoms with van der Waals surface area (Å²) < 4.78 is 6.56. The average molecular weight is 527 g/mol. The third-order valence-corrected chi connectivity index (χ3v) is 9.24. The van der Waals surface area contributed by atoms with Crippen molar-refractivity contribution in [3.63, 3.8) is 0 Å². The van der Waals surface area contributed by atoms with Crippen LogP contribution in [0.5, 0.6) is 11.5 Å². The fourth-order valence-electron chi connectivity index (χ4n) is 7.37. The summed E-state index contributed by atoms with van der Waals surface area (Å²) in [7, 11) is 0. The smallest absolute Gasteiger partial charge is 0.132 e. The van der Waals surface area contributed by atoms with Gasteiger partial charge in [-0.25, -0.2) is 0 Å². The summed E-state index contributed by atoms with van der Waals surface area (Å²) in [6.45, 7) is 4.58. The average Bonchev–Trinajstić information content (AvgIpc) is 3.32. The number of para-hydroxylation sites is 1. The van der Waals surface area contributed by atoms with E-state index in [1.807, 2.05) is 0 Å². The molecule has 196 valence electrons. The maximum absolute atomic E-state index is 6.56. The zero-order valence-electron chi connectivity index (χ0n) is 23.3. The Morgan fingerprint density at radius 2 is 0.902 bits per heavy atom. The van der Waals surface area contributed by atoms with Gasteiger partial charge in [0.2, 0.25) is 0 Å². The van der Waals surface area contributed by atoms with Gasteiger partial charge in [-0.15, -0.1) is 0 Å². The van der Waals surface area contributed by atoms with Gasteiger partial charge in [-0.3, -0.25) is 0 Å². The van der Waals surface area contributed by atoms with Gasteiger partial charge in [-0.05, 0) is 56.6 Å². The van der Waals surface area contributed by atoms with Crippen molar-refractivity contribution in [2.24, 2.45) is 0 Å². The van der Waals surface area contributed by atoms with Crippen LogP contribution in [-0.4, -0.2) is 0 Å². The van der Waals surface area contributed by atoms with E-state index >= 15 is 0 Å². The van der Waals surface area contributed by atoms with E-state index < -0.39 is 5.41 Å². The standard InChI is InChI=1S/C40H30O/c1-39(2)35-22-12-13-23-37(35)41-38-26-27(24-25-36(38)39)29-16-6-9-19-32(29)40(28-14-4-3-5-15-28)33-20-10-7-17-30(33)31-18-8-11-21-34(31)40/h3-26H,1-2H3. The predicted molar refractivity (Wildman–Crippen MR) is 168 cm³/mol. The first kappa shape index (κ1) is 24.0. The predicted octanol–water partition coefficient (Wildman–Crippen LogP) is 10.1. The second-order valence-corrected chi connectivity index (χ2v) is 11.7. The number of benzene rings is 6. The second-order valence-electron chi connectivity index (χ2n) is 11.7. The molecule has 0 N–H and O–H groups in total. The lowest BCUT2D eigenvalue weighted by atomic mass is 9.66. The molecule has 0 amide bonds. The fourth-order valence-corrected chi connectivity index (χ4v) is 7.37. The minimum absolute atomic E-state index is 0.142. The van der Waals surface area contributed by atoms with Gasteiger partial charge in [0.05, 0.1) is 5.41 Å². The van der Waals surface area contributed by atoms with E-state index in [4.69, 9.17) is 4.74 Å². The van der Waals surface area contributed by atoms with Gasteiger partial charge >= 0.3 is 0 Å². The molecule has 1 aliphatic heterocycles. The summed E-state index contributed by atoms with van der Waals surface area (Å²) in [5.74, 6) is 1.87. The summed E-state index contributed by atoms with van der Waals surface area (Å²) in [5, 5.41) is 0. The van der Waals surface area contributed by atoms with E-state index in [-0.39, 0.29) is 5.41 Å². The van der Waals surface area contributed by atoms with Crippen molar-refractivity contribution in [2.45, 2.75) is 24.7 Å². The van der Waals surface area contributed by atoms with Crippen molar-refractivity contribution in [3.05, 3.63) is 179 Å². The molecule has 0 spiro atoms. The van der Waals surface area contributed by atoms with E-state index in [1.54, 1.807) is 0 Å².